The van der Waals surface area contributed by atoms with Gasteiger partial charge in [0.25, 0.3) is 5.91 Å². The number of aromatic nitrogens is 5. The van der Waals surface area contributed by atoms with Crippen LogP contribution >= 0.6 is 0 Å². The van der Waals surface area contributed by atoms with Gasteiger partial charge in [0.15, 0.2) is 0 Å². The maximum absolute atomic E-state index is 12.5. The smallest absolute Gasteiger partial charge is 0.256 e. The summed E-state index contributed by atoms with van der Waals surface area (Å²) in [5, 5.41) is 2.76. The van der Waals surface area contributed by atoms with Crippen LogP contribution in [0.1, 0.15) is 41.5 Å². The summed E-state index contributed by atoms with van der Waals surface area (Å²) in [6, 6.07) is 9.19. The third-order valence-corrected chi connectivity index (χ3v) is 5.92. The van der Waals surface area contributed by atoms with Gasteiger partial charge in [-0.2, -0.15) is 0 Å². The van der Waals surface area contributed by atoms with Crippen LogP contribution in [0.25, 0.3) is 16.8 Å². The number of anilines is 2. The molecule has 9 nitrogen and oxygen atoms in total. The number of nitrogens with one attached hydrogen (secondary N) is 1. The van der Waals surface area contributed by atoms with Crippen molar-refractivity contribution in [2.45, 2.75) is 25.3 Å². The number of carbonyl (C=O) groups excluding carboxylic acids is 1. The second-order valence-corrected chi connectivity index (χ2v) is 7.97. The predicted octanol–water partition coefficient (Wildman–Crippen LogP) is 3.18. The number of nitrogens with zero attached hydrogens (tertiary/aromatic N) is 6. The summed E-state index contributed by atoms with van der Waals surface area (Å²) < 4.78 is 2.06. The van der Waals surface area contributed by atoms with Crippen LogP contribution in [0, 0.1) is 0 Å². The number of carbonyl (C=O) groups is 1. The summed E-state index contributed by atoms with van der Waals surface area (Å²) in [6.07, 6.45) is 10.0. The zero-order valence-corrected chi connectivity index (χ0v) is 17.8. The van der Waals surface area contributed by atoms with Crippen molar-refractivity contribution >= 4 is 23.1 Å². The highest BCUT2D eigenvalue weighted by molar-refractivity contribution is 6.04. The van der Waals surface area contributed by atoms with E-state index in [1.165, 1.54) is 19.2 Å². The van der Waals surface area contributed by atoms with Crippen LogP contribution in [-0.4, -0.2) is 48.7 Å². The van der Waals surface area contributed by atoms with Crippen LogP contribution in [0.15, 0.2) is 55.2 Å². The van der Waals surface area contributed by atoms with Gasteiger partial charge < -0.3 is 11.1 Å². The van der Waals surface area contributed by atoms with Crippen molar-refractivity contribution in [2.24, 2.45) is 0 Å². The first kappa shape index (κ1) is 20.1. The molecule has 1 aliphatic rings. The Morgan fingerprint density at radius 2 is 1.97 bits per heavy atom. The Hall–Kier alpha value is -3.85. The van der Waals surface area contributed by atoms with Crippen LogP contribution in [-0.2, 0) is 0 Å². The number of fused-ring (bicyclic) bond motifs is 1. The second-order valence-electron chi connectivity index (χ2n) is 7.97. The molecule has 0 bridgehead atoms. The van der Waals surface area contributed by atoms with Crippen molar-refractivity contribution in [3.05, 3.63) is 66.6 Å². The van der Waals surface area contributed by atoms with Gasteiger partial charge in [0.1, 0.15) is 35.0 Å². The number of amides is 1. The van der Waals surface area contributed by atoms with Gasteiger partial charge in [-0.25, -0.2) is 19.9 Å². The molecule has 0 unspecified atom stereocenters. The fourth-order valence-corrected chi connectivity index (χ4v) is 4.26. The van der Waals surface area contributed by atoms with Crippen LogP contribution in [0.5, 0.6) is 0 Å². The largest absolute Gasteiger partial charge is 0.382 e. The van der Waals surface area contributed by atoms with Gasteiger partial charge in [-0.1, -0.05) is 18.6 Å². The molecule has 3 aromatic heterocycles. The van der Waals surface area contributed by atoms with Crippen molar-refractivity contribution < 1.29 is 4.79 Å². The highest BCUT2D eigenvalue weighted by Crippen LogP contribution is 2.35. The van der Waals surface area contributed by atoms with Gasteiger partial charge in [-0.3, -0.25) is 14.1 Å². The van der Waals surface area contributed by atoms with E-state index in [2.05, 4.69) is 36.6 Å². The number of hydrogen-bond donors (Lipinski definition) is 2. The monoisotopic (exact) mass is 428 g/mol. The van der Waals surface area contributed by atoms with Crippen molar-refractivity contribution in [3.8, 4) is 11.3 Å². The first-order valence-corrected chi connectivity index (χ1v) is 10.6. The minimum absolute atomic E-state index is 0.227. The summed E-state index contributed by atoms with van der Waals surface area (Å²) in [7, 11) is 2.14. The number of imidazole rings is 1. The molecule has 4 heterocycles. The predicted molar refractivity (Wildman–Crippen MR) is 122 cm³/mol. The summed E-state index contributed by atoms with van der Waals surface area (Å²) in [5.41, 5.74) is 9.24. The molecule has 162 valence electrons. The summed E-state index contributed by atoms with van der Waals surface area (Å²) in [6.45, 7) is 1.05. The van der Waals surface area contributed by atoms with Gasteiger partial charge in [0.2, 0.25) is 0 Å². The Morgan fingerprint density at radius 3 is 2.72 bits per heavy atom. The SMILES string of the molecule is CN1CCCC[C@H]1c1nc(-c2ccc(C(=O)Nc3ccncn3)cc2)c2c(N)nccn12. The highest BCUT2D eigenvalue weighted by Gasteiger charge is 2.27. The van der Waals surface area contributed by atoms with E-state index in [0.717, 1.165) is 35.6 Å². The van der Waals surface area contributed by atoms with Crippen LogP contribution in [0.4, 0.5) is 11.6 Å². The van der Waals surface area contributed by atoms with E-state index in [-0.39, 0.29) is 11.9 Å². The lowest BCUT2D eigenvalue weighted by molar-refractivity contribution is 0.102. The van der Waals surface area contributed by atoms with Gasteiger partial charge >= 0.3 is 0 Å². The van der Waals surface area contributed by atoms with Gasteiger partial charge in [0.05, 0.1) is 6.04 Å². The molecule has 3 N–H and O–H groups in total. The fourth-order valence-electron chi connectivity index (χ4n) is 4.26. The Balaban J connectivity index is 1.50. The number of hydrogen-bond acceptors (Lipinski definition) is 7. The highest BCUT2D eigenvalue weighted by atomic mass is 16.1. The standard InChI is InChI=1S/C23H24N8O/c1-30-12-3-2-4-17(30)22-29-19(20-21(24)26-11-13-31(20)22)15-5-7-16(8-6-15)23(32)28-18-9-10-25-14-27-18/h5-11,13-14,17H,2-4,12H2,1H3,(H2,24,26)(H,25,27,28,32)/t17-/m0/s1. The van der Waals surface area contributed by atoms with Crippen molar-refractivity contribution in [1.82, 2.24) is 29.2 Å². The Kier molecular flexibility index (Phi) is 5.24. The van der Waals surface area contributed by atoms with E-state index in [4.69, 9.17) is 10.7 Å². The van der Waals surface area contributed by atoms with E-state index < -0.39 is 0 Å². The lowest BCUT2D eigenvalue weighted by atomic mass is 10.0. The third-order valence-electron chi connectivity index (χ3n) is 5.92. The van der Waals surface area contributed by atoms with Crippen molar-refractivity contribution in [3.63, 3.8) is 0 Å². The second kappa shape index (κ2) is 8.35. The molecule has 0 radical (unpaired) electrons. The normalized spacial score (nSPS) is 16.8. The summed E-state index contributed by atoms with van der Waals surface area (Å²) in [5.74, 6) is 1.62. The first-order valence-electron chi connectivity index (χ1n) is 10.6. The van der Waals surface area contributed by atoms with Crippen LogP contribution < -0.4 is 11.1 Å². The molecule has 32 heavy (non-hydrogen) atoms. The topological polar surface area (TPSA) is 114 Å². The quantitative estimate of drug-likeness (QED) is 0.513. The number of piperidine rings is 1. The molecule has 9 heteroatoms. The Labute approximate surface area is 185 Å². The summed E-state index contributed by atoms with van der Waals surface area (Å²) >= 11 is 0. The third kappa shape index (κ3) is 3.67. The molecular weight excluding hydrogens is 404 g/mol. The molecule has 0 spiro atoms. The Bertz CT molecular complexity index is 1250. The minimum Gasteiger partial charge on any atom is -0.382 e. The lowest BCUT2D eigenvalue weighted by Gasteiger charge is -2.31. The molecule has 1 aliphatic heterocycles. The molecule has 1 amide bonds. The van der Waals surface area contributed by atoms with Gasteiger partial charge in [-0.15, -0.1) is 0 Å². The molecule has 4 aromatic rings. The van der Waals surface area contributed by atoms with E-state index in [1.807, 2.05) is 18.3 Å². The lowest BCUT2D eigenvalue weighted by Crippen LogP contribution is -2.30. The maximum atomic E-state index is 12.5. The molecule has 1 aromatic carbocycles. The number of likely N-dealkylation sites (tertiary alicyclic amines) is 1. The molecule has 1 saturated heterocycles. The minimum atomic E-state index is -0.240. The Morgan fingerprint density at radius 1 is 1.12 bits per heavy atom. The average Bonchev–Trinajstić information content (AvgIpc) is 3.21. The van der Waals surface area contributed by atoms with Crippen molar-refractivity contribution in [1.29, 1.82) is 0 Å². The first-order chi connectivity index (χ1) is 15.6. The molecule has 5 rings (SSSR count). The number of nitrogen functional groups attached to an aromatic ring is 1. The van der Waals surface area contributed by atoms with E-state index in [9.17, 15) is 4.79 Å². The molecular formula is C23H24N8O. The zero-order valence-electron chi connectivity index (χ0n) is 17.8. The number of nitrogens with two attached hydrogens (primary N) is 1. The number of rotatable bonds is 4. The maximum Gasteiger partial charge on any atom is 0.256 e. The van der Waals surface area contributed by atoms with E-state index >= 15 is 0 Å². The molecule has 1 atom stereocenters. The average molecular weight is 429 g/mol. The van der Waals surface area contributed by atoms with Crippen molar-refractivity contribution in [2.75, 3.05) is 24.6 Å². The van der Waals surface area contributed by atoms with Gasteiger partial charge in [-0.05, 0) is 44.6 Å². The van der Waals surface area contributed by atoms with Crippen LogP contribution in [0.3, 0.4) is 0 Å². The summed E-state index contributed by atoms with van der Waals surface area (Å²) in [4.78, 5) is 32.1. The molecule has 0 saturated carbocycles. The zero-order chi connectivity index (χ0) is 22.1. The molecule has 1 fully saturated rings. The molecule has 0 aliphatic carbocycles. The van der Waals surface area contributed by atoms with Crippen LogP contribution in [0.2, 0.25) is 0 Å². The fraction of sp³-hybridized carbons (Fsp3) is 0.261. The van der Waals surface area contributed by atoms with E-state index in [1.54, 1.807) is 30.6 Å². The number of benzene rings is 1. The van der Waals surface area contributed by atoms with E-state index in [0.29, 0.717) is 17.2 Å². The van der Waals surface area contributed by atoms with Gasteiger partial charge in [0, 0.05) is 29.7 Å².